The highest BCUT2D eigenvalue weighted by atomic mass is 16.5. The lowest BCUT2D eigenvalue weighted by Gasteiger charge is -2.33. The molecule has 4 nitrogen and oxygen atoms in total. The van der Waals surface area contributed by atoms with Gasteiger partial charge < -0.3 is 4.74 Å². The van der Waals surface area contributed by atoms with Gasteiger partial charge in [0.15, 0.2) is 17.2 Å². The molecule has 2 aromatic heterocycles. The number of ether oxygens (including phenoxy) is 1. The minimum atomic E-state index is -1.68. The van der Waals surface area contributed by atoms with Gasteiger partial charge in [-0.05, 0) is 98.2 Å². The van der Waals surface area contributed by atoms with E-state index in [0.717, 1.165) is 55.9 Å². The summed E-state index contributed by atoms with van der Waals surface area (Å²) in [4.78, 5) is 0. The van der Waals surface area contributed by atoms with Crippen molar-refractivity contribution in [2.45, 2.75) is 84.4 Å². The van der Waals surface area contributed by atoms with Gasteiger partial charge in [0.2, 0.25) is 5.69 Å². The summed E-state index contributed by atoms with van der Waals surface area (Å²) in [6.07, 6.45) is -0.334. The van der Waals surface area contributed by atoms with E-state index in [0.29, 0.717) is 16.9 Å². The van der Waals surface area contributed by atoms with Crippen LogP contribution in [0.1, 0.15) is 95.5 Å². The Hall–Kier alpha value is -6.26. The fraction of sp³-hybridized carbons (Fsp3) is 0.236. The molecule has 5 heterocycles. The molecule has 3 aliphatic rings. The van der Waals surface area contributed by atoms with Crippen LogP contribution in [0.4, 0.5) is 0 Å². The van der Waals surface area contributed by atoms with Gasteiger partial charge in [-0.2, -0.15) is 4.57 Å². The molecule has 0 fully saturated rings. The molecule has 1 spiro atoms. The molecule has 290 valence electrons. The summed E-state index contributed by atoms with van der Waals surface area (Å²) < 4.78 is 87.0. The van der Waals surface area contributed by atoms with Crippen LogP contribution in [0.5, 0.6) is 5.75 Å². The lowest BCUT2D eigenvalue weighted by atomic mass is 9.80. The number of fused-ring (bicyclic) bond motifs is 5. The zero-order valence-electron chi connectivity index (χ0n) is 43.0. The SMILES string of the molecule is [2H]c1c([2H])c([2H])c(-c2c([2H])c([2H])[n+]3c(c2[2H])-c2cc(C(C)(C)C)cc4c2C32Oc3ccccc3-c3n(-c5ccc(C(C)(C)C)cc5-c5ccc(C(C)(C)C)cc5)c5cccc-4c5[n+]32)c([2H])c1[2H]. The smallest absolute Gasteiger partial charge is 0.392 e. The largest absolute Gasteiger partial charge is 0.499 e. The zero-order valence-corrected chi connectivity index (χ0v) is 35.0. The van der Waals surface area contributed by atoms with Gasteiger partial charge in [-0.25, -0.2) is 0 Å². The summed E-state index contributed by atoms with van der Waals surface area (Å²) in [6.45, 7) is 19.7. The van der Waals surface area contributed by atoms with Gasteiger partial charge in [0.25, 0.3) is 0 Å². The predicted octanol–water partition coefficient (Wildman–Crippen LogP) is 12.7. The van der Waals surface area contributed by atoms with Gasteiger partial charge in [0.1, 0.15) is 23.9 Å². The molecule has 0 saturated carbocycles. The van der Waals surface area contributed by atoms with Crippen molar-refractivity contribution in [3.8, 4) is 67.5 Å². The first kappa shape index (κ1) is 28.2. The number of imidazole rings is 1. The number of aromatic nitrogens is 3. The van der Waals surface area contributed by atoms with E-state index in [1.807, 2.05) is 30.3 Å². The maximum absolute atomic E-state index is 10.1. The number of para-hydroxylation sites is 2. The Labute approximate surface area is 359 Å². The van der Waals surface area contributed by atoms with Crippen molar-refractivity contribution >= 4 is 11.0 Å². The second-order valence-corrected chi connectivity index (χ2v) is 19.3. The highest BCUT2D eigenvalue weighted by Crippen LogP contribution is 2.54. The Morgan fingerprint density at radius 1 is 0.576 bits per heavy atom. The molecular weight excluding hydrogens is 719 g/mol. The van der Waals surface area contributed by atoms with Crippen molar-refractivity contribution in [1.29, 1.82) is 0 Å². The third-order valence-electron chi connectivity index (χ3n) is 12.4. The van der Waals surface area contributed by atoms with Crippen molar-refractivity contribution < 1.29 is 24.8 Å². The van der Waals surface area contributed by atoms with Crippen molar-refractivity contribution in [2.24, 2.45) is 0 Å². The molecule has 3 aliphatic heterocycles. The van der Waals surface area contributed by atoms with E-state index < -0.39 is 42.1 Å². The zero-order chi connectivity index (χ0) is 47.8. The standard InChI is InChI=1S/C55H51N3O/c1-52(2,3)37-24-22-35(23-25-37)42-31-38(53(4,5)6)26-27-45(42)57-46-20-15-19-40-43-32-39(54(7,8)9)33-44-47-30-36(34-16-11-10-12-17-34)28-29-56(47)55(49(43)44)58(50(40)46)51(57)41-18-13-14-21-48(41)59-55/h10-33H,1-9H3/q+2/i10D,11D,12D,16D,17D,28D,29D,30D. The Morgan fingerprint density at radius 2 is 1.24 bits per heavy atom. The van der Waals surface area contributed by atoms with Gasteiger partial charge in [-0.3, -0.25) is 0 Å². The van der Waals surface area contributed by atoms with Gasteiger partial charge in [-0.15, -0.1) is 9.13 Å². The topological polar surface area (TPSA) is 21.9 Å². The van der Waals surface area contributed by atoms with Crippen LogP contribution in [0.15, 0.2) is 146 Å². The number of hydrogen-bond donors (Lipinski definition) is 0. The normalized spacial score (nSPS) is 18.0. The summed E-state index contributed by atoms with van der Waals surface area (Å²) in [5, 5.41) is 0. The molecule has 8 aromatic rings. The Bertz CT molecular complexity index is 3510. The Kier molecular flexibility index (Phi) is 5.70. The van der Waals surface area contributed by atoms with Crippen LogP contribution < -0.4 is 13.9 Å². The van der Waals surface area contributed by atoms with Gasteiger partial charge in [-0.1, -0.05) is 141 Å². The predicted molar refractivity (Wildman–Crippen MR) is 240 cm³/mol. The first-order valence-corrected chi connectivity index (χ1v) is 20.5. The first-order chi connectivity index (χ1) is 31.5. The van der Waals surface area contributed by atoms with Crippen molar-refractivity contribution in [3.63, 3.8) is 0 Å². The third kappa shape index (κ3) is 5.02. The van der Waals surface area contributed by atoms with Crippen molar-refractivity contribution in [3.05, 3.63) is 168 Å². The molecule has 0 bridgehead atoms. The van der Waals surface area contributed by atoms with Crippen LogP contribution >= 0.6 is 0 Å². The van der Waals surface area contributed by atoms with E-state index in [-0.39, 0.29) is 45.3 Å². The lowest BCUT2D eigenvalue weighted by molar-refractivity contribution is -0.997. The molecule has 4 heteroatoms. The Balaban J connectivity index is 1.33. The van der Waals surface area contributed by atoms with Gasteiger partial charge in [0.05, 0.1) is 15.2 Å². The monoisotopic (exact) mass is 777 g/mol. The molecule has 0 amide bonds. The third-order valence-corrected chi connectivity index (χ3v) is 12.4. The van der Waals surface area contributed by atoms with Crippen LogP contribution in [0.25, 0.3) is 72.7 Å². The Morgan fingerprint density at radius 3 is 1.97 bits per heavy atom. The van der Waals surface area contributed by atoms with Gasteiger partial charge >= 0.3 is 11.7 Å². The summed E-state index contributed by atoms with van der Waals surface area (Å²) in [5.74, 6) is -0.357. The number of hydrogen-bond acceptors (Lipinski definition) is 1. The summed E-state index contributed by atoms with van der Waals surface area (Å²) >= 11 is 0. The minimum Gasteiger partial charge on any atom is -0.392 e. The molecule has 6 aromatic carbocycles. The number of nitrogens with zero attached hydrogens (tertiary/aromatic N) is 3. The van der Waals surface area contributed by atoms with E-state index in [1.165, 1.54) is 11.1 Å². The van der Waals surface area contributed by atoms with Crippen LogP contribution in [-0.2, 0) is 22.1 Å². The molecule has 11 rings (SSSR count). The fourth-order valence-corrected chi connectivity index (χ4v) is 9.32. The molecular formula is C55H51N3O+2. The van der Waals surface area contributed by atoms with Crippen LogP contribution in [0.2, 0.25) is 0 Å². The highest BCUT2D eigenvalue weighted by molar-refractivity contribution is 5.98. The second kappa shape index (κ2) is 11.9. The van der Waals surface area contributed by atoms with Crippen LogP contribution in [0.3, 0.4) is 0 Å². The quantitative estimate of drug-likeness (QED) is 0.164. The lowest BCUT2D eigenvalue weighted by Crippen LogP contribution is -2.78. The number of benzene rings is 6. The van der Waals surface area contributed by atoms with Crippen LogP contribution in [0, 0.1) is 0 Å². The number of pyridine rings is 1. The summed E-state index contributed by atoms with van der Waals surface area (Å²) in [6, 6.07) is 30.5. The van der Waals surface area contributed by atoms with Crippen LogP contribution in [-0.4, -0.2) is 4.57 Å². The minimum absolute atomic E-state index is 0.0371. The van der Waals surface area contributed by atoms with Crippen molar-refractivity contribution in [2.75, 3.05) is 0 Å². The maximum atomic E-state index is 10.1. The van der Waals surface area contributed by atoms with E-state index in [4.69, 9.17) is 11.6 Å². The molecule has 1 unspecified atom stereocenters. The highest BCUT2D eigenvalue weighted by Gasteiger charge is 2.68. The fourth-order valence-electron chi connectivity index (χ4n) is 9.32. The number of rotatable bonds is 3. The first-order valence-electron chi connectivity index (χ1n) is 24.5. The molecule has 1 atom stereocenters. The molecule has 59 heavy (non-hydrogen) atoms. The summed E-state index contributed by atoms with van der Waals surface area (Å²) in [5.41, 5.74) is 11.3. The van der Waals surface area contributed by atoms with E-state index in [1.54, 1.807) is 4.57 Å². The average Bonchev–Trinajstić information content (AvgIpc) is 3.79. The van der Waals surface area contributed by atoms with E-state index in [2.05, 4.69) is 138 Å². The van der Waals surface area contributed by atoms with E-state index >= 15 is 0 Å². The van der Waals surface area contributed by atoms with Crippen molar-refractivity contribution in [1.82, 2.24) is 4.57 Å². The maximum Gasteiger partial charge on any atom is 0.499 e. The van der Waals surface area contributed by atoms with E-state index in [9.17, 15) is 4.11 Å². The molecule has 0 N–H and O–H groups in total. The summed E-state index contributed by atoms with van der Waals surface area (Å²) in [7, 11) is 0. The molecule has 0 radical (unpaired) electrons. The van der Waals surface area contributed by atoms with Gasteiger partial charge in [0, 0.05) is 28.8 Å². The molecule has 0 aliphatic carbocycles. The second-order valence-electron chi connectivity index (χ2n) is 19.3. The average molecular weight is 778 g/mol. The molecule has 0 saturated heterocycles.